The predicted molar refractivity (Wildman–Crippen MR) is 102 cm³/mol. The Bertz CT molecular complexity index is 884. The number of rotatable bonds is 5. The fraction of sp³-hybridized carbons (Fsp3) is 0.0526. The molecule has 2 aromatic carbocycles. The Morgan fingerprint density at radius 3 is 2.56 bits per heavy atom. The van der Waals surface area contributed by atoms with Crippen LogP contribution in [-0.4, -0.2) is 23.2 Å². The number of methoxy groups -OCH3 is 1. The highest BCUT2D eigenvalue weighted by Crippen LogP contribution is 2.22. The maximum absolute atomic E-state index is 12.0. The molecule has 0 aliphatic heterocycles. The first kappa shape index (κ1) is 17.0. The van der Waals surface area contributed by atoms with E-state index in [4.69, 9.17) is 4.74 Å². The van der Waals surface area contributed by atoms with Gasteiger partial charge in [-0.05, 0) is 41.5 Å². The van der Waals surface area contributed by atoms with Crippen molar-refractivity contribution < 1.29 is 9.53 Å². The average Bonchev–Trinajstić information content (AvgIpc) is 3.09. The van der Waals surface area contributed by atoms with Gasteiger partial charge in [-0.2, -0.15) is 5.10 Å². The molecule has 1 amide bonds. The standard InChI is InChI=1S/C19H16BrN3O2/c1-25-16-9-2-13(3-10-16)4-11-19(24)21-18-12-17(22-23-18)14-5-7-15(20)8-6-14/h2-12H,1H3,(H2,21,22,23,24)/b11-4+. The summed E-state index contributed by atoms with van der Waals surface area (Å²) >= 11 is 3.40. The van der Waals surface area contributed by atoms with Gasteiger partial charge in [0.1, 0.15) is 5.75 Å². The third-order valence-electron chi connectivity index (χ3n) is 3.53. The molecule has 5 nitrogen and oxygen atoms in total. The third kappa shape index (κ3) is 4.58. The Balaban J connectivity index is 1.63. The van der Waals surface area contributed by atoms with Crippen molar-refractivity contribution >= 4 is 33.7 Å². The maximum Gasteiger partial charge on any atom is 0.249 e. The van der Waals surface area contributed by atoms with Gasteiger partial charge in [0, 0.05) is 16.6 Å². The minimum Gasteiger partial charge on any atom is -0.497 e. The summed E-state index contributed by atoms with van der Waals surface area (Å²) in [6.07, 6.45) is 3.20. The molecule has 0 unspecified atom stereocenters. The van der Waals surface area contributed by atoms with Gasteiger partial charge in [-0.15, -0.1) is 0 Å². The van der Waals surface area contributed by atoms with E-state index < -0.39 is 0 Å². The lowest BCUT2D eigenvalue weighted by Crippen LogP contribution is -2.07. The number of ether oxygens (including phenoxy) is 1. The van der Waals surface area contributed by atoms with E-state index >= 15 is 0 Å². The fourth-order valence-electron chi connectivity index (χ4n) is 2.22. The summed E-state index contributed by atoms with van der Waals surface area (Å²) in [6.45, 7) is 0. The quantitative estimate of drug-likeness (QED) is 0.622. The molecule has 0 aliphatic carbocycles. The van der Waals surface area contributed by atoms with Crippen LogP contribution in [0.5, 0.6) is 5.75 Å². The van der Waals surface area contributed by atoms with Crippen molar-refractivity contribution in [3.05, 3.63) is 70.7 Å². The van der Waals surface area contributed by atoms with Crippen LogP contribution < -0.4 is 10.1 Å². The number of carbonyl (C=O) groups is 1. The van der Waals surface area contributed by atoms with Gasteiger partial charge in [-0.25, -0.2) is 0 Å². The van der Waals surface area contributed by atoms with Crippen molar-refractivity contribution in [3.8, 4) is 17.0 Å². The highest BCUT2D eigenvalue weighted by Gasteiger charge is 2.05. The van der Waals surface area contributed by atoms with Gasteiger partial charge in [-0.1, -0.05) is 40.2 Å². The lowest BCUT2D eigenvalue weighted by molar-refractivity contribution is -0.111. The molecule has 126 valence electrons. The molecule has 0 aliphatic rings. The fourth-order valence-corrected chi connectivity index (χ4v) is 2.48. The van der Waals surface area contributed by atoms with Crippen molar-refractivity contribution in [2.24, 2.45) is 0 Å². The second-order valence-corrected chi connectivity index (χ2v) is 6.19. The predicted octanol–water partition coefficient (Wildman–Crippen LogP) is 4.50. The van der Waals surface area contributed by atoms with Crippen LogP contribution in [0.25, 0.3) is 17.3 Å². The molecule has 3 aromatic rings. The number of nitrogens with one attached hydrogen (secondary N) is 2. The van der Waals surface area contributed by atoms with Crippen LogP contribution in [0.3, 0.4) is 0 Å². The van der Waals surface area contributed by atoms with E-state index in [1.165, 1.54) is 6.08 Å². The van der Waals surface area contributed by atoms with E-state index in [1.807, 2.05) is 48.5 Å². The van der Waals surface area contributed by atoms with Gasteiger partial charge in [0.15, 0.2) is 5.82 Å². The molecule has 0 radical (unpaired) electrons. The second kappa shape index (κ2) is 7.81. The molecule has 3 rings (SSSR count). The minimum atomic E-state index is -0.246. The van der Waals surface area contributed by atoms with Crippen molar-refractivity contribution in [2.45, 2.75) is 0 Å². The van der Waals surface area contributed by atoms with Gasteiger partial charge in [-0.3, -0.25) is 9.89 Å². The van der Waals surface area contributed by atoms with Gasteiger partial charge < -0.3 is 10.1 Å². The number of anilines is 1. The van der Waals surface area contributed by atoms with E-state index in [9.17, 15) is 4.79 Å². The molecular weight excluding hydrogens is 382 g/mol. The van der Waals surface area contributed by atoms with Crippen molar-refractivity contribution in [1.82, 2.24) is 10.2 Å². The molecule has 0 saturated carbocycles. The molecule has 2 N–H and O–H groups in total. The van der Waals surface area contributed by atoms with Crippen LogP contribution in [-0.2, 0) is 4.79 Å². The topological polar surface area (TPSA) is 67.0 Å². The van der Waals surface area contributed by atoms with Crippen molar-refractivity contribution in [2.75, 3.05) is 12.4 Å². The van der Waals surface area contributed by atoms with E-state index in [0.29, 0.717) is 5.82 Å². The maximum atomic E-state index is 12.0. The lowest BCUT2D eigenvalue weighted by atomic mass is 10.1. The molecule has 0 bridgehead atoms. The zero-order valence-electron chi connectivity index (χ0n) is 13.5. The number of nitrogens with zero attached hydrogens (tertiary/aromatic N) is 1. The SMILES string of the molecule is COc1ccc(/C=C/C(=O)Nc2cc(-c3ccc(Br)cc3)[nH]n2)cc1. The molecule has 0 fully saturated rings. The number of carbonyl (C=O) groups excluding carboxylic acids is 1. The first-order chi connectivity index (χ1) is 12.1. The summed E-state index contributed by atoms with van der Waals surface area (Å²) in [4.78, 5) is 12.0. The van der Waals surface area contributed by atoms with Crippen LogP contribution in [0.15, 0.2) is 65.1 Å². The van der Waals surface area contributed by atoms with Crippen LogP contribution in [0.4, 0.5) is 5.82 Å². The van der Waals surface area contributed by atoms with Crippen molar-refractivity contribution in [1.29, 1.82) is 0 Å². The zero-order chi connectivity index (χ0) is 17.6. The summed E-state index contributed by atoms with van der Waals surface area (Å²) in [5, 5.41) is 9.76. The van der Waals surface area contributed by atoms with Gasteiger partial charge in [0.25, 0.3) is 0 Å². The summed E-state index contributed by atoms with van der Waals surface area (Å²) in [5.41, 5.74) is 2.74. The highest BCUT2D eigenvalue weighted by molar-refractivity contribution is 9.10. The molecule has 1 aromatic heterocycles. The Kier molecular flexibility index (Phi) is 5.30. The Morgan fingerprint density at radius 1 is 1.16 bits per heavy atom. The Labute approximate surface area is 153 Å². The zero-order valence-corrected chi connectivity index (χ0v) is 15.1. The first-order valence-electron chi connectivity index (χ1n) is 7.58. The van der Waals surface area contributed by atoms with Gasteiger partial charge in [0.05, 0.1) is 12.8 Å². The number of benzene rings is 2. The van der Waals surface area contributed by atoms with Gasteiger partial charge >= 0.3 is 0 Å². The molecule has 0 atom stereocenters. The van der Waals surface area contributed by atoms with Crippen molar-refractivity contribution in [3.63, 3.8) is 0 Å². The number of amides is 1. The largest absolute Gasteiger partial charge is 0.497 e. The molecule has 0 saturated heterocycles. The number of aromatic amines is 1. The number of aromatic nitrogens is 2. The van der Waals surface area contributed by atoms with E-state index in [1.54, 1.807) is 19.3 Å². The molecule has 6 heteroatoms. The van der Waals surface area contributed by atoms with E-state index in [2.05, 4.69) is 31.4 Å². The molecular formula is C19H16BrN3O2. The third-order valence-corrected chi connectivity index (χ3v) is 4.06. The van der Waals surface area contributed by atoms with E-state index in [0.717, 1.165) is 27.0 Å². The summed E-state index contributed by atoms with van der Waals surface area (Å²) in [7, 11) is 1.62. The van der Waals surface area contributed by atoms with Crippen LogP contribution in [0.2, 0.25) is 0 Å². The van der Waals surface area contributed by atoms with E-state index in [-0.39, 0.29) is 5.91 Å². The summed E-state index contributed by atoms with van der Waals surface area (Å²) in [5.74, 6) is 1.01. The monoisotopic (exact) mass is 397 g/mol. The number of halogens is 1. The Hall–Kier alpha value is -2.86. The number of hydrogen-bond donors (Lipinski definition) is 2. The van der Waals surface area contributed by atoms with Crippen LogP contribution in [0.1, 0.15) is 5.56 Å². The summed E-state index contributed by atoms with van der Waals surface area (Å²) in [6, 6.07) is 17.1. The summed E-state index contributed by atoms with van der Waals surface area (Å²) < 4.78 is 6.11. The smallest absolute Gasteiger partial charge is 0.249 e. The molecule has 0 spiro atoms. The second-order valence-electron chi connectivity index (χ2n) is 5.27. The highest BCUT2D eigenvalue weighted by atomic mass is 79.9. The van der Waals surface area contributed by atoms with Gasteiger partial charge in [0.2, 0.25) is 5.91 Å². The Morgan fingerprint density at radius 2 is 1.88 bits per heavy atom. The number of H-pyrrole nitrogens is 1. The lowest BCUT2D eigenvalue weighted by Gasteiger charge is -1.99. The van der Waals surface area contributed by atoms with Crippen LogP contribution in [0, 0.1) is 0 Å². The average molecular weight is 398 g/mol. The van der Waals surface area contributed by atoms with Crippen LogP contribution >= 0.6 is 15.9 Å². The first-order valence-corrected chi connectivity index (χ1v) is 8.38. The number of hydrogen-bond acceptors (Lipinski definition) is 3. The minimum absolute atomic E-state index is 0.246. The molecule has 1 heterocycles. The normalized spacial score (nSPS) is 10.8. The molecule has 25 heavy (non-hydrogen) atoms.